The van der Waals surface area contributed by atoms with Crippen LogP contribution in [0.4, 0.5) is 8.78 Å². The molecule has 2 atom stereocenters. The zero-order valence-corrected chi connectivity index (χ0v) is 19.9. The van der Waals surface area contributed by atoms with Gasteiger partial charge in [0.05, 0.1) is 17.7 Å². The van der Waals surface area contributed by atoms with Gasteiger partial charge in [0.15, 0.2) is 0 Å². The number of aliphatic hydroxyl groups excluding tert-OH is 1. The molecular weight excluding hydrogens is 462 g/mol. The summed E-state index contributed by atoms with van der Waals surface area (Å²) in [4.78, 5) is 21.4. The number of benzene rings is 2. The summed E-state index contributed by atoms with van der Waals surface area (Å²) in [6.45, 7) is 2.77. The molecule has 0 saturated carbocycles. The molecule has 2 heterocycles. The van der Waals surface area contributed by atoms with Crippen LogP contribution < -0.4 is 10.6 Å². The van der Waals surface area contributed by atoms with E-state index in [9.17, 15) is 18.7 Å². The van der Waals surface area contributed by atoms with Gasteiger partial charge < -0.3 is 15.7 Å². The number of aliphatic hydroxyl groups is 1. The Hall–Kier alpha value is -3.75. The Morgan fingerprint density at radius 1 is 1.00 bits per heavy atom. The molecule has 0 aliphatic rings. The van der Waals surface area contributed by atoms with E-state index in [1.807, 2.05) is 12.1 Å². The van der Waals surface area contributed by atoms with E-state index in [-0.39, 0.29) is 18.7 Å². The first-order valence-corrected chi connectivity index (χ1v) is 11.8. The largest absolute Gasteiger partial charge is 0.390 e. The van der Waals surface area contributed by atoms with Crippen LogP contribution in [0, 0.1) is 11.6 Å². The normalized spacial score (nSPS) is 12.9. The van der Waals surface area contributed by atoms with Gasteiger partial charge in [0.2, 0.25) is 0 Å². The molecule has 0 bridgehead atoms. The molecule has 6 nitrogen and oxygen atoms in total. The second-order valence-electron chi connectivity index (χ2n) is 8.70. The van der Waals surface area contributed by atoms with E-state index < -0.39 is 29.7 Å². The molecule has 186 valence electrons. The fourth-order valence-corrected chi connectivity index (χ4v) is 4.07. The number of carbonyl (C=O) groups is 1. The molecule has 0 spiro atoms. The lowest BCUT2D eigenvalue weighted by molar-refractivity contribution is 0.0825. The van der Waals surface area contributed by atoms with E-state index in [0.717, 1.165) is 23.4 Å². The maximum Gasteiger partial charge on any atom is 0.270 e. The van der Waals surface area contributed by atoms with Gasteiger partial charge >= 0.3 is 0 Å². The molecule has 8 heteroatoms. The summed E-state index contributed by atoms with van der Waals surface area (Å²) in [5.74, 6) is -1.93. The van der Waals surface area contributed by atoms with E-state index in [1.54, 1.807) is 30.6 Å². The van der Waals surface area contributed by atoms with Crippen molar-refractivity contribution in [3.8, 4) is 0 Å². The molecule has 0 fully saturated rings. The van der Waals surface area contributed by atoms with Gasteiger partial charge in [-0.15, -0.1) is 0 Å². The molecule has 2 aromatic carbocycles. The van der Waals surface area contributed by atoms with Crippen molar-refractivity contribution < 1.29 is 18.7 Å². The molecule has 0 aliphatic carbocycles. The summed E-state index contributed by atoms with van der Waals surface area (Å²) in [6, 6.07) is 15.5. The first-order chi connectivity index (χ1) is 17.4. The number of fused-ring (bicyclic) bond motifs is 1. The van der Waals surface area contributed by atoms with Crippen LogP contribution >= 0.6 is 0 Å². The molecule has 0 aliphatic heterocycles. The summed E-state index contributed by atoms with van der Waals surface area (Å²) in [5, 5.41) is 17.8. The van der Waals surface area contributed by atoms with Crippen LogP contribution in [0.25, 0.3) is 10.9 Å². The highest BCUT2D eigenvalue weighted by atomic mass is 19.1. The number of hydrogen-bond acceptors (Lipinski definition) is 5. The first kappa shape index (κ1) is 25.3. The van der Waals surface area contributed by atoms with Gasteiger partial charge in [-0.05, 0) is 59.9 Å². The minimum atomic E-state index is -1.03. The third-order valence-electron chi connectivity index (χ3n) is 5.96. The topological polar surface area (TPSA) is 87.1 Å². The predicted molar refractivity (Wildman–Crippen MR) is 134 cm³/mol. The number of amides is 1. The first-order valence-electron chi connectivity index (χ1n) is 11.8. The number of nitrogens with zero attached hydrogens (tertiary/aromatic N) is 2. The highest BCUT2D eigenvalue weighted by molar-refractivity contribution is 5.95. The van der Waals surface area contributed by atoms with E-state index in [0.29, 0.717) is 17.6 Å². The van der Waals surface area contributed by atoms with E-state index >= 15 is 0 Å². The van der Waals surface area contributed by atoms with E-state index in [2.05, 4.69) is 39.7 Å². The SMILES string of the molecule is CCc1cccc(CNCC(O)C(Cc2cc(F)cc(F)c2)NC(=O)c2ccc3cnccc3n2)c1. The second-order valence-corrected chi connectivity index (χ2v) is 8.70. The van der Waals surface area contributed by atoms with Crippen LogP contribution in [0.5, 0.6) is 0 Å². The smallest absolute Gasteiger partial charge is 0.270 e. The van der Waals surface area contributed by atoms with Gasteiger partial charge in [-0.2, -0.15) is 0 Å². The monoisotopic (exact) mass is 490 g/mol. The van der Waals surface area contributed by atoms with Gasteiger partial charge in [-0.1, -0.05) is 31.2 Å². The van der Waals surface area contributed by atoms with Crippen molar-refractivity contribution in [3.05, 3.63) is 107 Å². The lowest BCUT2D eigenvalue weighted by atomic mass is 10.00. The Morgan fingerprint density at radius 3 is 2.56 bits per heavy atom. The lowest BCUT2D eigenvalue weighted by Crippen LogP contribution is -2.48. The van der Waals surface area contributed by atoms with Crippen LogP contribution in [0.3, 0.4) is 0 Å². The molecule has 3 N–H and O–H groups in total. The van der Waals surface area contributed by atoms with Gasteiger partial charge in [-0.3, -0.25) is 9.78 Å². The highest BCUT2D eigenvalue weighted by Gasteiger charge is 2.23. The molecule has 0 saturated heterocycles. The Kier molecular flexibility index (Phi) is 8.30. The standard InChI is InChI=1S/C28H28F2N4O2/c1-2-18-4-3-5-19(10-18)15-32-17-27(35)26(13-20-11-22(29)14-23(30)12-20)34-28(36)25-7-6-21-16-31-9-8-24(21)33-25/h3-12,14,16,26-27,32,35H,2,13,15,17H2,1H3,(H,34,36). The summed E-state index contributed by atoms with van der Waals surface area (Å²) < 4.78 is 27.6. The summed E-state index contributed by atoms with van der Waals surface area (Å²) in [6.07, 6.45) is 3.17. The Balaban J connectivity index is 1.48. The van der Waals surface area contributed by atoms with E-state index in [1.165, 1.54) is 17.7 Å². The fourth-order valence-electron chi connectivity index (χ4n) is 4.07. The molecule has 1 amide bonds. The van der Waals surface area contributed by atoms with Crippen molar-refractivity contribution >= 4 is 16.8 Å². The molecule has 4 aromatic rings. The second kappa shape index (κ2) is 11.8. The third kappa shape index (κ3) is 6.68. The maximum atomic E-state index is 13.8. The number of hydrogen-bond donors (Lipinski definition) is 3. The Bertz CT molecular complexity index is 1330. The number of pyridine rings is 2. The van der Waals surface area contributed by atoms with Crippen LogP contribution in [-0.2, 0) is 19.4 Å². The molecular formula is C28H28F2N4O2. The fraction of sp³-hybridized carbons (Fsp3) is 0.250. The Labute approximate surface area is 208 Å². The zero-order chi connectivity index (χ0) is 25.5. The molecule has 2 unspecified atom stereocenters. The number of aryl methyl sites for hydroxylation is 1. The number of nitrogens with one attached hydrogen (secondary N) is 2. The summed E-state index contributed by atoms with van der Waals surface area (Å²) in [7, 11) is 0. The molecule has 2 aromatic heterocycles. The predicted octanol–water partition coefficient (Wildman–Crippen LogP) is 3.96. The third-order valence-corrected chi connectivity index (χ3v) is 5.96. The van der Waals surface area contributed by atoms with Gasteiger partial charge in [0, 0.05) is 36.9 Å². The quantitative estimate of drug-likeness (QED) is 0.313. The van der Waals surface area contributed by atoms with Crippen molar-refractivity contribution in [2.24, 2.45) is 0 Å². The van der Waals surface area contributed by atoms with Gasteiger partial charge in [0.1, 0.15) is 17.3 Å². The van der Waals surface area contributed by atoms with Gasteiger partial charge in [-0.25, -0.2) is 13.8 Å². The van der Waals surface area contributed by atoms with Gasteiger partial charge in [0.25, 0.3) is 5.91 Å². The number of halogens is 2. The zero-order valence-electron chi connectivity index (χ0n) is 19.9. The van der Waals surface area contributed by atoms with Crippen molar-refractivity contribution in [1.82, 2.24) is 20.6 Å². The maximum absolute atomic E-state index is 13.8. The van der Waals surface area contributed by atoms with Crippen LogP contribution in [0.2, 0.25) is 0 Å². The van der Waals surface area contributed by atoms with Crippen LogP contribution in [0.15, 0.2) is 73.1 Å². The average molecular weight is 491 g/mol. The lowest BCUT2D eigenvalue weighted by Gasteiger charge is -2.25. The number of carbonyl (C=O) groups excluding carboxylic acids is 1. The van der Waals surface area contributed by atoms with E-state index in [4.69, 9.17) is 0 Å². The highest BCUT2D eigenvalue weighted by Crippen LogP contribution is 2.14. The van der Waals surface area contributed by atoms with Crippen molar-refractivity contribution in [2.45, 2.75) is 38.5 Å². The van der Waals surface area contributed by atoms with Crippen molar-refractivity contribution in [2.75, 3.05) is 6.54 Å². The van der Waals surface area contributed by atoms with Crippen LogP contribution in [0.1, 0.15) is 34.1 Å². The number of rotatable bonds is 10. The number of aromatic nitrogens is 2. The van der Waals surface area contributed by atoms with Crippen molar-refractivity contribution in [3.63, 3.8) is 0 Å². The summed E-state index contributed by atoms with van der Waals surface area (Å²) >= 11 is 0. The summed E-state index contributed by atoms with van der Waals surface area (Å²) in [5.41, 5.74) is 3.39. The molecule has 36 heavy (non-hydrogen) atoms. The minimum Gasteiger partial charge on any atom is -0.390 e. The molecule has 0 radical (unpaired) electrons. The minimum absolute atomic E-state index is 0.0338. The van der Waals surface area contributed by atoms with Crippen molar-refractivity contribution in [1.29, 1.82) is 0 Å². The van der Waals surface area contributed by atoms with Crippen LogP contribution in [-0.4, -0.2) is 39.7 Å². The average Bonchev–Trinajstić information content (AvgIpc) is 2.87. The molecule has 4 rings (SSSR count). The Morgan fingerprint density at radius 2 is 1.78 bits per heavy atom.